The first-order valence-corrected chi connectivity index (χ1v) is 12.6. The van der Waals surface area contributed by atoms with E-state index >= 15 is 0 Å². The van der Waals surface area contributed by atoms with Gasteiger partial charge in [-0.15, -0.1) is 0 Å². The Morgan fingerprint density at radius 1 is 1.22 bits per heavy atom. The summed E-state index contributed by atoms with van der Waals surface area (Å²) < 4.78 is 19.2. The molecule has 2 aliphatic heterocycles. The Kier molecular flexibility index (Phi) is 6.10. The van der Waals surface area contributed by atoms with Gasteiger partial charge in [-0.2, -0.15) is 0 Å². The van der Waals surface area contributed by atoms with Crippen molar-refractivity contribution < 1.29 is 18.8 Å². The van der Waals surface area contributed by atoms with E-state index in [1.165, 1.54) is 6.42 Å². The van der Waals surface area contributed by atoms with Gasteiger partial charge in [0.15, 0.2) is 0 Å². The van der Waals surface area contributed by atoms with Crippen LogP contribution in [0.2, 0.25) is 0 Å². The average molecular weight is 448 g/mol. The van der Waals surface area contributed by atoms with Crippen molar-refractivity contribution in [2.75, 3.05) is 13.3 Å². The van der Waals surface area contributed by atoms with E-state index in [1.54, 1.807) is 0 Å². The molecule has 6 nitrogen and oxygen atoms in total. The van der Waals surface area contributed by atoms with Crippen molar-refractivity contribution in [3.05, 3.63) is 0 Å². The number of nitrogens with zero attached hydrogens (tertiary/aromatic N) is 1. The smallest absolute Gasteiger partial charge is 0.404 e. The first kappa shape index (κ1) is 24.5. The summed E-state index contributed by atoms with van der Waals surface area (Å²) in [7, 11) is -0.321. The lowest BCUT2D eigenvalue weighted by molar-refractivity contribution is -0.185. The molecule has 0 aromatic heterocycles. The van der Waals surface area contributed by atoms with Crippen molar-refractivity contribution in [1.29, 1.82) is 0 Å². The van der Waals surface area contributed by atoms with Crippen molar-refractivity contribution in [3.8, 4) is 0 Å². The minimum atomic E-state index is -0.323. The van der Waals surface area contributed by atoms with E-state index in [1.807, 2.05) is 25.7 Å². The summed E-state index contributed by atoms with van der Waals surface area (Å²) in [6.45, 7) is 20.5. The number of carbonyl (C=O) groups is 1. The molecular formula is C25H45BN2O4. The fraction of sp³-hybridized carbons (Fsp3) is 0.960. The second-order valence-electron chi connectivity index (χ2n) is 13.6. The molecular weight excluding hydrogens is 403 g/mol. The Labute approximate surface area is 195 Å². The highest BCUT2D eigenvalue weighted by atomic mass is 16.7. The zero-order valence-electron chi connectivity index (χ0n) is 21.8. The second-order valence-corrected chi connectivity index (χ2v) is 13.6. The molecule has 3 saturated carbocycles. The Morgan fingerprint density at radius 3 is 2.50 bits per heavy atom. The van der Waals surface area contributed by atoms with Crippen LogP contribution in [-0.4, -0.2) is 60.5 Å². The number of likely N-dealkylation sites (tertiary alicyclic amines) is 1. The standard InChI is InChI=1S/C25H45BN2O4/c1-22(2,3)19(27-15-30-23(4,5)6)21(29)28-12-10-11-18(28)26-31-20-17-13-16(24(17,7)8)14-25(20,9)32-26/h16-20,27H,10-15H2,1-9H3/t16?,17?,18?,19?,20?,25-/m0/s1. The predicted octanol–water partition coefficient (Wildman–Crippen LogP) is 4.02. The van der Waals surface area contributed by atoms with Gasteiger partial charge in [0.05, 0.1) is 36.0 Å². The van der Waals surface area contributed by atoms with Gasteiger partial charge < -0.3 is 18.9 Å². The molecule has 2 bridgehead atoms. The molecule has 3 aliphatic carbocycles. The van der Waals surface area contributed by atoms with Crippen LogP contribution in [0.25, 0.3) is 0 Å². The minimum absolute atomic E-state index is 0.0135. The number of ether oxygens (including phenoxy) is 1. The molecule has 2 heterocycles. The van der Waals surface area contributed by atoms with Crippen molar-refractivity contribution in [1.82, 2.24) is 10.2 Å². The predicted molar refractivity (Wildman–Crippen MR) is 127 cm³/mol. The van der Waals surface area contributed by atoms with Crippen LogP contribution in [0.15, 0.2) is 0 Å². The lowest BCUT2D eigenvalue weighted by Gasteiger charge is -2.63. The van der Waals surface area contributed by atoms with E-state index in [0.29, 0.717) is 18.1 Å². The molecule has 2 saturated heterocycles. The van der Waals surface area contributed by atoms with Crippen LogP contribution in [0.1, 0.15) is 88.0 Å². The van der Waals surface area contributed by atoms with E-state index in [-0.39, 0.29) is 47.7 Å². The number of hydrogen-bond acceptors (Lipinski definition) is 5. The maximum absolute atomic E-state index is 13.8. The Morgan fingerprint density at radius 2 is 1.91 bits per heavy atom. The van der Waals surface area contributed by atoms with Crippen molar-refractivity contribution in [2.45, 2.75) is 117 Å². The van der Waals surface area contributed by atoms with Crippen LogP contribution in [0, 0.1) is 22.7 Å². The molecule has 1 N–H and O–H groups in total. The molecule has 32 heavy (non-hydrogen) atoms. The first-order valence-electron chi connectivity index (χ1n) is 12.6. The highest BCUT2D eigenvalue weighted by molar-refractivity contribution is 6.48. The maximum atomic E-state index is 13.8. The zero-order chi connectivity index (χ0) is 23.7. The van der Waals surface area contributed by atoms with Gasteiger partial charge in [0.25, 0.3) is 0 Å². The van der Waals surface area contributed by atoms with Gasteiger partial charge in [-0.05, 0) is 76.0 Å². The third kappa shape index (κ3) is 4.28. The molecule has 5 rings (SSSR count). The quantitative estimate of drug-likeness (QED) is 0.509. The summed E-state index contributed by atoms with van der Waals surface area (Å²) in [4.78, 5) is 15.8. The molecule has 7 heteroatoms. The third-order valence-corrected chi connectivity index (χ3v) is 8.63. The Balaban J connectivity index is 1.46. The number of hydrogen-bond donors (Lipinski definition) is 1. The van der Waals surface area contributed by atoms with Crippen LogP contribution in [0.3, 0.4) is 0 Å². The average Bonchev–Trinajstić information content (AvgIpc) is 3.26. The van der Waals surface area contributed by atoms with Gasteiger partial charge in [-0.3, -0.25) is 10.1 Å². The summed E-state index contributed by atoms with van der Waals surface area (Å²) >= 11 is 0. The van der Waals surface area contributed by atoms with Gasteiger partial charge in [0.1, 0.15) is 0 Å². The molecule has 182 valence electrons. The fourth-order valence-corrected chi connectivity index (χ4v) is 6.53. The van der Waals surface area contributed by atoms with Gasteiger partial charge in [-0.25, -0.2) is 0 Å². The lowest BCUT2D eigenvalue weighted by Crippen LogP contribution is -2.63. The normalized spacial score (nSPS) is 37.3. The molecule has 5 fully saturated rings. The molecule has 1 amide bonds. The number of rotatable bonds is 5. The fourth-order valence-electron chi connectivity index (χ4n) is 6.53. The van der Waals surface area contributed by atoms with E-state index in [9.17, 15) is 4.79 Å². The third-order valence-electron chi connectivity index (χ3n) is 8.63. The summed E-state index contributed by atoms with van der Waals surface area (Å²) in [5, 5.41) is 3.39. The van der Waals surface area contributed by atoms with E-state index in [4.69, 9.17) is 14.0 Å². The van der Waals surface area contributed by atoms with E-state index in [0.717, 1.165) is 31.7 Å². The van der Waals surface area contributed by atoms with Gasteiger partial charge in [-0.1, -0.05) is 34.6 Å². The summed E-state index contributed by atoms with van der Waals surface area (Å²) in [6, 6.07) is -0.323. The van der Waals surface area contributed by atoms with Gasteiger partial charge in [0, 0.05) is 6.54 Å². The van der Waals surface area contributed by atoms with Gasteiger partial charge >= 0.3 is 7.12 Å². The first-order chi connectivity index (χ1) is 14.6. The number of carbonyl (C=O) groups excluding carboxylic acids is 1. The minimum Gasteiger partial charge on any atom is -0.404 e. The number of amides is 1. The van der Waals surface area contributed by atoms with Crippen LogP contribution in [0.4, 0.5) is 0 Å². The number of nitrogens with one attached hydrogen (secondary N) is 1. The van der Waals surface area contributed by atoms with Crippen molar-refractivity contribution >= 4 is 13.0 Å². The monoisotopic (exact) mass is 448 g/mol. The SMILES string of the molecule is CC(C)(C)OCNC(C(=O)N1CCCC1B1OC2C3CC(C[C@]2(C)O1)C3(C)C)C(C)(C)C. The largest absolute Gasteiger partial charge is 0.481 e. The second kappa shape index (κ2) is 7.96. The van der Waals surface area contributed by atoms with E-state index in [2.05, 4.69) is 46.9 Å². The molecule has 0 aromatic carbocycles. The van der Waals surface area contributed by atoms with Crippen LogP contribution in [-0.2, 0) is 18.8 Å². The molecule has 0 spiro atoms. The van der Waals surface area contributed by atoms with Crippen molar-refractivity contribution in [3.63, 3.8) is 0 Å². The molecule has 0 aromatic rings. The Hall–Kier alpha value is -0.625. The lowest BCUT2D eigenvalue weighted by atomic mass is 9.45. The zero-order valence-corrected chi connectivity index (χ0v) is 21.8. The molecule has 5 aliphatic rings. The highest BCUT2D eigenvalue weighted by Crippen LogP contribution is 2.64. The van der Waals surface area contributed by atoms with Crippen molar-refractivity contribution in [2.24, 2.45) is 22.7 Å². The van der Waals surface area contributed by atoms with Gasteiger partial charge in [0.2, 0.25) is 5.91 Å². The topological polar surface area (TPSA) is 60.0 Å². The maximum Gasteiger partial charge on any atom is 0.481 e. The van der Waals surface area contributed by atoms with Crippen LogP contribution >= 0.6 is 0 Å². The molecule has 6 atom stereocenters. The Bertz CT molecular complexity index is 730. The summed E-state index contributed by atoms with van der Waals surface area (Å²) in [5.41, 5.74) is -0.357. The summed E-state index contributed by atoms with van der Waals surface area (Å²) in [6.07, 6.45) is 4.39. The highest BCUT2D eigenvalue weighted by Gasteiger charge is 2.68. The summed E-state index contributed by atoms with van der Waals surface area (Å²) in [5.74, 6) is 1.39. The molecule has 5 unspecified atom stereocenters. The van der Waals surface area contributed by atoms with E-state index < -0.39 is 0 Å². The van der Waals surface area contributed by atoms with Crippen LogP contribution < -0.4 is 5.32 Å². The van der Waals surface area contributed by atoms with Crippen LogP contribution in [0.5, 0.6) is 0 Å². The molecule has 0 radical (unpaired) electrons.